The number of nitrogens with one attached hydrogen (secondary N) is 1. The van der Waals surface area contributed by atoms with E-state index < -0.39 is 10.0 Å². The average Bonchev–Trinajstić information content (AvgIpc) is 2.64. The van der Waals surface area contributed by atoms with Crippen molar-refractivity contribution in [3.05, 3.63) is 29.3 Å². The van der Waals surface area contributed by atoms with Crippen LogP contribution in [0.25, 0.3) is 0 Å². The van der Waals surface area contributed by atoms with Gasteiger partial charge in [0.2, 0.25) is 15.9 Å². The number of carbonyl (C=O) groups is 1. The molecule has 1 aromatic rings. The molecule has 1 atom stereocenters. The van der Waals surface area contributed by atoms with Crippen LogP contribution in [0.5, 0.6) is 0 Å². The van der Waals surface area contributed by atoms with Crippen molar-refractivity contribution in [1.29, 1.82) is 0 Å². The Morgan fingerprint density at radius 1 is 1.28 bits per heavy atom. The first kappa shape index (κ1) is 23.7. The minimum atomic E-state index is -3.40. The van der Waals surface area contributed by atoms with E-state index in [1.807, 2.05) is 32.0 Å². The molecule has 1 aliphatic heterocycles. The molecule has 6 nitrogen and oxygen atoms in total. The summed E-state index contributed by atoms with van der Waals surface area (Å²) in [6, 6.07) is 5.66. The molecule has 1 amide bonds. The normalized spacial score (nSPS) is 17.9. The maximum Gasteiger partial charge on any atom is 0.232 e. The molecule has 1 fully saturated rings. The molecule has 2 rings (SSSR count). The van der Waals surface area contributed by atoms with E-state index >= 15 is 0 Å². The van der Waals surface area contributed by atoms with Crippen LogP contribution < -0.4 is 9.62 Å². The average molecular weight is 424 g/mol. The summed E-state index contributed by atoms with van der Waals surface area (Å²) in [5.74, 6) is 0.764. The maximum absolute atomic E-state index is 12.3. The molecule has 0 aromatic heterocycles. The highest BCUT2D eigenvalue weighted by molar-refractivity contribution is 7.92. The zero-order valence-corrected chi connectivity index (χ0v) is 19.2. The number of likely N-dealkylation sites (tertiary alicyclic amines) is 1. The van der Waals surface area contributed by atoms with Crippen molar-refractivity contribution in [3.63, 3.8) is 0 Å². The van der Waals surface area contributed by atoms with E-state index in [1.165, 1.54) is 23.4 Å². The Morgan fingerprint density at radius 2 is 2.03 bits per heavy atom. The highest BCUT2D eigenvalue weighted by Gasteiger charge is 2.20. The van der Waals surface area contributed by atoms with Gasteiger partial charge in [0.25, 0.3) is 0 Å². The zero-order chi connectivity index (χ0) is 21.4. The lowest BCUT2D eigenvalue weighted by Gasteiger charge is -2.30. The summed E-state index contributed by atoms with van der Waals surface area (Å²) in [6.07, 6.45) is 5.59. The van der Waals surface area contributed by atoms with Gasteiger partial charge in [-0.15, -0.1) is 0 Å². The molecule has 1 heterocycles. The lowest BCUT2D eigenvalue weighted by molar-refractivity contribution is -0.121. The summed E-state index contributed by atoms with van der Waals surface area (Å²) < 4.78 is 26.0. The summed E-state index contributed by atoms with van der Waals surface area (Å²) >= 11 is 0. The van der Waals surface area contributed by atoms with Gasteiger partial charge in [-0.3, -0.25) is 9.10 Å². The maximum atomic E-state index is 12.3. The topological polar surface area (TPSA) is 69.7 Å². The Hall–Kier alpha value is -1.60. The van der Waals surface area contributed by atoms with Crippen LogP contribution in [-0.2, 0) is 14.8 Å². The van der Waals surface area contributed by atoms with Crippen molar-refractivity contribution >= 4 is 21.6 Å². The van der Waals surface area contributed by atoms with Crippen molar-refractivity contribution in [2.75, 3.05) is 43.3 Å². The Kier molecular flexibility index (Phi) is 8.96. The van der Waals surface area contributed by atoms with Crippen LogP contribution in [0.2, 0.25) is 0 Å². The van der Waals surface area contributed by atoms with E-state index in [2.05, 4.69) is 17.1 Å². The standard InChI is InChI=1S/C22H37N3O3S/c1-18-9-6-14-24(17-18)15-8-13-23-22(26)12-7-16-25(29(4,27)28)21-11-5-10-19(2)20(21)3/h5,10-11,18H,6-9,12-17H2,1-4H3,(H,23,26). The lowest BCUT2D eigenvalue weighted by Crippen LogP contribution is -2.36. The van der Waals surface area contributed by atoms with Gasteiger partial charge in [0.05, 0.1) is 11.9 Å². The molecule has 0 radical (unpaired) electrons. The molecule has 0 spiro atoms. The van der Waals surface area contributed by atoms with Crippen LogP contribution in [0.15, 0.2) is 18.2 Å². The van der Waals surface area contributed by atoms with Gasteiger partial charge in [0.15, 0.2) is 0 Å². The summed E-state index contributed by atoms with van der Waals surface area (Å²) in [6.45, 7) is 10.5. The Bertz CT molecular complexity index is 780. The molecule has 0 aliphatic carbocycles. The molecule has 164 valence electrons. The fraction of sp³-hybridized carbons (Fsp3) is 0.682. The van der Waals surface area contributed by atoms with Gasteiger partial charge >= 0.3 is 0 Å². The van der Waals surface area contributed by atoms with Crippen LogP contribution in [0.3, 0.4) is 0 Å². The number of hydrogen-bond acceptors (Lipinski definition) is 4. The first-order valence-electron chi connectivity index (χ1n) is 10.7. The molecule has 0 bridgehead atoms. The number of rotatable bonds is 10. The second-order valence-electron chi connectivity index (χ2n) is 8.41. The van der Waals surface area contributed by atoms with Crippen LogP contribution >= 0.6 is 0 Å². The molecule has 0 saturated carbocycles. The molecule has 1 aliphatic rings. The van der Waals surface area contributed by atoms with Gasteiger partial charge in [0.1, 0.15) is 0 Å². The van der Waals surface area contributed by atoms with Crippen molar-refractivity contribution in [2.24, 2.45) is 5.92 Å². The molecule has 29 heavy (non-hydrogen) atoms. The van der Waals surface area contributed by atoms with Crippen LogP contribution in [0, 0.1) is 19.8 Å². The number of nitrogens with zero attached hydrogens (tertiary/aromatic N) is 2. The van der Waals surface area contributed by atoms with E-state index in [0.29, 0.717) is 31.6 Å². The van der Waals surface area contributed by atoms with Crippen molar-refractivity contribution < 1.29 is 13.2 Å². The van der Waals surface area contributed by atoms with E-state index in [-0.39, 0.29) is 5.91 Å². The van der Waals surface area contributed by atoms with E-state index in [4.69, 9.17) is 0 Å². The lowest BCUT2D eigenvalue weighted by atomic mass is 10.0. The van der Waals surface area contributed by atoms with Crippen molar-refractivity contribution in [1.82, 2.24) is 10.2 Å². The van der Waals surface area contributed by atoms with Gasteiger partial charge in [-0.1, -0.05) is 19.1 Å². The number of sulfonamides is 1. The summed E-state index contributed by atoms with van der Waals surface area (Å²) in [7, 11) is -3.40. The van der Waals surface area contributed by atoms with E-state index in [1.54, 1.807) is 0 Å². The number of anilines is 1. The third kappa shape index (κ3) is 7.63. The quantitative estimate of drug-likeness (QED) is 0.587. The number of benzene rings is 1. The molecule has 1 N–H and O–H groups in total. The molecule has 1 unspecified atom stereocenters. The second-order valence-corrected chi connectivity index (χ2v) is 10.3. The summed E-state index contributed by atoms with van der Waals surface area (Å²) in [4.78, 5) is 14.6. The first-order valence-corrected chi connectivity index (χ1v) is 12.6. The van der Waals surface area contributed by atoms with Gasteiger partial charge in [0, 0.05) is 26.1 Å². The summed E-state index contributed by atoms with van der Waals surface area (Å²) in [5.41, 5.74) is 2.70. The molecule has 1 aromatic carbocycles. The van der Waals surface area contributed by atoms with Crippen molar-refractivity contribution in [2.45, 2.75) is 52.9 Å². The fourth-order valence-corrected chi connectivity index (χ4v) is 4.98. The third-order valence-electron chi connectivity index (χ3n) is 5.72. The summed E-state index contributed by atoms with van der Waals surface area (Å²) in [5, 5.41) is 2.97. The Morgan fingerprint density at radius 3 is 2.72 bits per heavy atom. The van der Waals surface area contributed by atoms with E-state index in [0.717, 1.165) is 43.1 Å². The first-order chi connectivity index (χ1) is 13.7. The third-order valence-corrected chi connectivity index (χ3v) is 6.90. The molecule has 1 saturated heterocycles. The number of aryl methyl sites for hydroxylation is 1. The Balaban J connectivity index is 1.74. The highest BCUT2D eigenvalue weighted by Crippen LogP contribution is 2.25. The fourth-order valence-electron chi connectivity index (χ4n) is 3.96. The monoisotopic (exact) mass is 423 g/mol. The van der Waals surface area contributed by atoms with Gasteiger partial charge in [-0.25, -0.2) is 8.42 Å². The van der Waals surface area contributed by atoms with Gasteiger partial charge < -0.3 is 10.2 Å². The number of carbonyl (C=O) groups excluding carboxylic acids is 1. The molecular weight excluding hydrogens is 386 g/mol. The minimum absolute atomic E-state index is 0.00794. The highest BCUT2D eigenvalue weighted by atomic mass is 32.2. The van der Waals surface area contributed by atoms with E-state index in [9.17, 15) is 13.2 Å². The zero-order valence-electron chi connectivity index (χ0n) is 18.4. The van der Waals surface area contributed by atoms with Gasteiger partial charge in [-0.2, -0.15) is 0 Å². The SMILES string of the molecule is Cc1cccc(N(CCCC(=O)NCCCN2CCCC(C)C2)S(C)(=O)=O)c1C. The largest absolute Gasteiger partial charge is 0.356 e. The van der Waals surface area contributed by atoms with Crippen LogP contribution in [0.4, 0.5) is 5.69 Å². The Labute approximate surface area is 176 Å². The van der Waals surface area contributed by atoms with Crippen LogP contribution in [0.1, 0.15) is 50.2 Å². The number of hydrogen-bond donors (Lipinski definition) is 1. The number of piperidine rings is 1. The smallest absolute Gasteiger partial charge is 0.232 e. The predicted octanol–water partition coefficient (Wildman–Crippen LogP) is 3.09. The predicted molar refractivity (Wildman–Crippen MR) is 120 cm³/mol. The second kappa shape index (κ2) is 11.0. The number of amides is 1. The minimum Gasteiger partial charge on any atom is -0.356 e. The van der Waals surface area contributed by atoms with Crippen LogP contribution in [-0.4, -0.2) is 58.2 Å². The molecule has 7 heteroatoms. The molecular formula is C22H37N3O3S. The van der Waals surface area contributed by atoms with Gasteiger partial charge in [-0.05, 0) is 75.7 Å². The van der Waals surface area contributed by atoms with Crippen molar-refractivity contribution in [3.8, 4) is 0 Å².